The Kier molecular flexibility index (Phi) is 5.22. The number of hydrogen-bond acceptors (Lipinski definition) is 7. The summed E-state index contributed by atoms with van der Waals surface area (Å²) in [6.45, 7) is 4.11. The molecule has 1 aliphatic heterocycles. The molecule has 8 heteroatoms. The maximum atomic E-state index is 5.43. The van der Waals surface area contributed by atoms with Crippen LogP contribution in [0.25, 0.3) is 11.2 Å². The van der Waals surface area contributed by atoms with Gasteiger partial charge in [0.15, 0.2) is 17.0 Å². The molecule has 2 aromatic carbocycles. The van der Waals surface area contributed by atoms with Crippen LogP contribution < -0.4 is 10.2 Å². The molecule has 0 unspecified atom stereocenters. The molecule has 0 atom stereocenters. The van der Waals surface area contributed by atoms with Crippen LogP contribution in [-0.2, 0) is 17.7 Å². The van der Waals surface area contributed by atoms with Gasteiger partial charge < -0.3 is 15.0 Å². The number of fused-ring (bicyclic) bond motifs is 1. The topological polar surface area (TPSA) is 81.0 Å². The van der Waals surface area contributed by atoms with Crippen LogP contribution in [0, 0.1) is 0 Å². The summed E-state index contributed by atoms with van der Waals surface area (Å²) in [5.74, 6) is 0.657. The van der Waals surface area contributed by atoms with E-state index in [2.05, 4.69) is 66.9 Å². The molecule has 8 nitrogen and oxygen atoms in total. The van der Waals surface area contributed by atoms with E-state index in [1.54, 1.807) is 6.33 Å². The zero-order valence-electron chi connectivity index (χ0n) is 16.6. The van der Waals surface area contributed by atoms with Crippen LogP contribution in [0.15, 0.2) is 60.9 Å². The summed E-state index contributed by atoms with van der Waals surface area (Å²) in [6, 6.07) is 18.7. The lowest BCUT2D eigenvalue weighted by Gasteiger charge is -2.28. The average molecular weight is 401 g/mol. The van der Waals surface area contributed by atoms with Crippen LogP contribution in [0.1, 0.15) is 5.56 Å². The second kappa shape index (κ2) is 8.46. The molecule has 3 heterocycles. The van der Waals surface area contributed by atoms with E-state index in [9.17, 15) is 0 Å². The average Bonchev–Trinajstić information content (AvgIpc) is 3.24. The van der Waals surface area contributed by atoms with E-state index in [1.165, 1.54) is 11.3 Å². The highest BCUT2D eigenvalue weighted by atomic mass is 16.5. The van der Waals surface area contributed by atoms with Crippen molar-refractivity contribution in [1.82, 2.24) is 25.0 Å². The van der Waals surface area contributed by atoms with Crippen LogP contribution in [0.3, 0.4) is 0 Å². The first-order valence-electron chi connectivity index (χ1n) is 10.1. The lowest BCUT2D eigenvalue weighted by Crippen LogP contribution is -2.36. The second-order valence-electron chi connectivity index (χ2n) is 7.21. The van der Waals surface area contributed by atoms with Gasteiger partial charge in [-0.15, -0.1) is 5.10 Å². The molecular weight excluding hydrogens is 378 g/mol. The fourth-order valence-electron chi connectivity index (χ4n) is 3.63. The molecule has 152 valence electrons. The number of rotatable bonds is 6. The van der Waals surface area contributed by atoms with E-state index in [4.69, 9.17) is 4.74 Å². The van der Waals surface area contributed by atoms with E-state index in [1.807, 2.05) is 22.9 Å². The molecule has 1 fully saturated rings. The highest BCUT2D eigenvalue weighted by molar-refractivity contribution is 5.84. The number of hydrogen-bond donors (Lipinski definition) is 1. The minimum Gasteiger partial charge on any atom is -0.378 e. The summed E-state index contributed by atoms with van der Waals surface area (Å²) >= 11 is 0. The molecule has 4 aromatic rings. The van der Waals surface area contributed by atoms with Crippen LogP contribution in [0.2, 0.25) is 0 Å². The fourth-order valence-corrected chi connectivity index (χ4v) is 3.63. The largest absolute Gasteiger partial charge is 0.378 e. The Morgan fingerprint density at radius 2 is 1.73 bits per heavy atom. The summed E-state index contributed by atoms with van der Waals surface area (Å²) in [5, 5.41) is 12.0. The first kappa shape index (κ1) is 18.5. The monoisotopic (exact) mass is 401 g/mol. The van der Waals surface area contributed by atoms with Gasteiger partial charge in [-0.3, -0.25) is 0 Å². The van der Waals surface area contributed by atoms with Gasteiger partial charge in [0.2, 0.25) is 0 Å². The number of benzene rings is 2. The lowest BCUT2D eigenvalue weighted by atomic mass is 10.1. The molecule has 0 bridgehead atoms. The van der Waals surface area contributed by atoms with E-state index in [-0.39, 0.29) is 0 Å². The van der Waals surface area contributed by atoms with Crippen LogP contribution in [0.4, 0.5) is 17.2 Å². The van der Waals surface area contributed by atoms with Crippen molar-refractivity contribution in [1.29, 1.82) is 0 Å². The second-order valence-corrected chi connectivity index (χ2v) is 7.21. The van der Waals surface area contributed by atoms with Gasteiger partial charge in [0.25, 0.3) is 0 Å². The summed E-state index contributed by atoms with van der Waals surface area (Å²) in [4.78, 5) is 11.1. The zero-order chi connectivity index (χ0) is 20.2. The Morgan fingerprint density at radius 1 is 0.933 bits per heavy atom. The van der Waals surface area contributed by atoms with Crippen LogP contribution >= 0.6 is 0 Å². The molecule has 0 radical (unpaired) electrons. The third-order valence-corrected chi connectivity index (χ3v) is 5.26. The van der Waals surface area contributed by atoms with Crippen LogP contribution in [0.5, 0.6) is 0 Å². The minimum absolute atomic E-state index is 0.657. The zero-order valence-corrected chi connectivity index (χ0v) is 16.6. The van der Waals surface area contributed by atoms with Crippen molar-refractivity contribution >= 4 is 28.4 Å². The van der Waals surface area contributed by atoms with Gasteiger partial charge in [0.1, 0.15) is 6.33 Å². The summed E-state index contributed by atoms with van der Waals surface area (Å²) in [5.41, 5.74) is 4.81. The predicted octanol–water partition coefficient (Wildman–Crippen LogP) is 3.04. The molecule has 5 rings (SSSR count). The molecular formula is C22H23N7O. The maximum absolute atomic E-state index is 5.43. The summed E-state index contributed by atoms with van der Waals surface area (Å²) in [6.07, 6.45) is 2.42. The molecule has 0 spiro atoms. The Hall–Kier alpha value is -3.52. The molecule has 0 aliphatic carbocycles. The van der Waals surface area contributed by atoms with E-state index >= 15 is 0 Å². The summed E-state index contributed by atoms with van der Waals surface area (Å²) in [7, 11) is 0. The van der Waals surface area contributed by atoms with Gasteiger partial charge in [0, 0.05) is 31.0 Å². The third-order valence-electron chi connectivity index (χ3n) is 5.26. The third kappa shape index (κ3) is 3.95. The highest BCUT2D eigenvalue weighted by Crippen LogP contribution is 2.24. The van der Waals surface area contributed by atoms with Crippen molar-refractivity contribution in [2.45, 2.75) is 13.0 Å². The Bertz CT molecular complexity index is 1110. The van der Waals surface area contributed by atoms with Gasteiger partial charge in [0.05, 0.1) is 13.2 Å². The standard InChI is InChI=1S/C22H23N7O/c1-2-4-17(5-3-1)10-11-29-22-20(26-27-29)21(23-16-24-22)25-18-6-8-19(9-7-18)28-12-14-30-15-13-28/h1-9,16H,10-15H2,(H,23,24,25). The van der Waals surface area contributed by atoms with Crippen molar-refractivity contribution in [3.63, 3.8) is 0 Å². The number of aryl methyl sites for hydroxylation is 2. The van der Waals surface area contributed by atoms with Gasteiger partial charge in [-0.25, -0.2) is 14.6 Å². The normalized spacial score (nSPS) is 14.2. The molecule has 1 saturated heterocycles. The number of morpholine rings is 1. The fraction of sp³-hybridized carbons (Fsp3) is 0.273. The van der Waals surface area contributed by atoms with Gasteiger partial charge in [-0.05, 0) is 36.2 Å². The van der Waals surface area contributed by atoms with E-state index < -0.39 is 0 Å². The van der Waals surface area contributed by atoms with Gasteiger partial charge in [-0.2, -0.15) is 0 Å². The smallest absolute Gasteiger partial charge is 0.183 e. The maximum Gasteiger partial charge on any atom is 0.183 e. The molecule has 1 aliphatic rings. The number of aromatic nitrogens is 5. The number of ether oxygens (including phenoxy) is 1. The molecule has 0 amide bonds. The molecule has 1 N–H and O–H groups in total. The lowest BCUT2D eigenvalue weighted by molar-refractivity contribution is 0.122. The quantitative estimate of drug-likeness (QED) is 0.532. The predicted molar refractivity (Wildman–Crippen MR) is 116 cm³/mol. The SMILES string of the molecule is c1ccc(CCn2nnc3c(Nc4ccc(N5CCOCC5)cc4)ncnc32)cc1. The van der Waals surface area contributed by atoms with Crippen LogP contribution in [-0.4, -0.2) is 51.3 Å². The molecule has 30 heavy (non-hydrogen) atoms. The van der Waals surface area contributed by atoms with Crippen molar-refractivity contribution < 1.29 is 4.74 Å². The highest BCUT2D eigenvalue weighted by Gasteiger charge is 2.13. The van der Waals surface area contributed by atoms with Crippen molar-refractivity contribution in [3.8, 4) is 0 Å². The number of nitrogens with one attached hydrogen (secondary N) is 1. The molecule has 0 saturated carbocycles. The Labute approximate surface area is 174 Å². The van der Waals surface area contributed by atoms with Gasteiger partial charge >= 0.3 is 0 Å². The Morgan fingerprint density at radius 3 is 2.53 bits per heavy atom. The first-order chi connectivity index (χ1) is 14.9. The van der Waals surface area contributed by atoms with E-state index in [0.717, 1.165) is 44.1 Å². The minimum atomic E-state index is 0.657. The first-order valence-corrected chi connectivity index (χ1v) is 10.1. The van der Waals surface area contributed by atoms with E-state index in [0.29, 0.717) is 17.9 Å². The number of anilines is 3. The number of nitrogens with zero attached hydrogens (tertiary/aromatic N) is 6. The van der Waals surface area contributed by atoms with Crippen molar-refractivity contribution in [2.75, 3.05) is 36.5 Å². The van der Waals surface area contributed by atoms with Crippen molar-refractivity contribution in [3.05, 3.63) is 66.5 Å². The Balaban J connectivity index is 1.31. The van der Waals surface area contributed by atoms with Crippen molar-refractivity contribution in [2.24, 2.45) is 0 Å². The molecule has 2 aromatic heterocycles. The van der Waals surface area contributed by atoms with Gasteiger partial charge in [-0.1, -0.05) is 35.5 Å². The summed E-state index contributed by atoms with van der Waals surface area (Å²) < 4.78 is 7.26.